The van der Waals surface area contributed by atoms with Crippen molar-refractivity contribution in [2.75, 3.05) is 0 Å². The highest BCUT2D eigenvalue weighted by Gasteiger charge is 2.54. The van der Waals surface area contributed by atoms with Gasteiger partial charge in [0.15, 0.2) is 0 Å². The molecule has 1 aromatic rings. The minimum atomic E-state index is -0.754. The summed E-state index contributed by atoms with van der Waals surface area (Å²) < 4.78 is 0. The van der Waals surface area contributed by atoms with Crippen LogP contribution in [-0.2, 0) is 16.1 Å². The molecule has 1 N–H and O–H groups in total. The van der Waals surface area contributed by atoms with Gasteiger partial charge in [-0.1, -0.05) is 6.92 Å². The molecule has 21 heavy (non-hydrogen) atoms. The third-order valence-electron chi connectivity index (χ3n) is 4.52. The predicted octanol–water partition coefficient (Wildman–Crippen LogP) is 0.882. The largest absolute Gasteiger partial charge is 0.340 e. The van der Waals surface area contributed by atoms with Gasteiger partial charge in [-0.3, -0.25) is 9.59 Å². The zero-order valence-electron chi connectivity index (χ0n) is 12.4. The van der Waals surface area contributed by atoms with Crippen molar-refractivity contribution < 1.29 is 9.59 Å². The molecule has 1 saturated heterocycles. The number of nitrogens with one attached hydrogen (secondary N) is 1. The van der Waals surface area contributed by atoms with Crippen LogP contribution < -0.4 is 5.32 Å². The molecule has 1 aliphatic heterocycles. The lowest BCUT2D eigenvalue weighted by Crippen LogP contribution is -2.69. The second kappa shape index (κ2) is 5.09. The van der Waals surface area contributed by atoms with E-state index in [0.29, 0.717) is 13.0 Å². The normalized spacial score (nSPS) is 29.4. The smallest absolute Gasteiger partial charge is 0.249 e. The van der Waals surface area contributed by atoms with Gasteiger partial charge in [0, 0.05) is 6.20 Å². The first-order valence-electron chi connectivity index (χ1n) is 7.44. The van der Waals surface area contributed by atoms with Crippen molar-refractivity contribution in [3.63, 3.8) is 0 Å². The first-order valence-corrected chi connectivity index (χ1v) is 7.44. The van der Waals surface area contributed by atoms with Crippen LogP contribution in [0.15, 0.2) is 18.6 Å². The molecular weight excluding hydrogens is 268 g/mol. The van der Waals surface area contributed by atoms with Crippen LogP contribution in [0.2, 0.25) is 0 Å². The van der Waals surface area contributed by atoms with Crippen molar-refractivity contribution in [1.82, 2.24) is 20.2 Å². The molecule has 1 aromatic heterocycles. The van der Waals surface area contributed by atoms with Crippen molar-refractivity contribution >= 4 is 11.8 Å². The lowest BCUT2D eigenvalue weighted by atomic mass is 9.88. The lowest BCUT2D eigenvalue weighted by Gasteiger charge is -2.44. The van der Waals surface area contributed by atoms with Gasteiger partial charge in [-0.15, -0.1) is 0 Å². The molecule has 0 bridgehead atoms. The van der Waals surface area contributed by atoms with E-state index < -0.39 is 11.6 Å². The van der Waals surface area contributed by atoms with Crippen LogP contribution in [0.1, 0.15) is 38.8 Å². The summed E-state index contributed by atoms with van der Waals surface area (Å²) in [6, 6.07) is 1.36. The van der Waals surface area contributed by atoms with Gasteiger partial charge in [0.1, 0.15) is 17.9 Å². The SMILES string of the molecule is CCC1C(=O)NC(C)(C2CC2)C(=O)N1Cc1ccncn1. The Morgan fingerprint density at radius 1 is 1.43 bits per heavy atom. The number of rotatable bonds is 4. The Bertz CT molecular complexity index is 558. The Labute approximate surface area is 124 Å². The van der Waals surface area contributed by atoms with Crippen molar-refractivity contribution in [3.8, 4) is 0 Å². The highest BCUT2D eigenvalue weighted by atomic mass is 16.2. The third-order valence-corrected chi connectivity index (χ3v) is 4.52. The van der Waals surface area contributed by atoms with Gasteiger partial charge in [-0.25, -0.2) is 9.97 Å². The summed E-state index contributed by atoms with van der Waals surface area (Å²) >= 11 is 0. The Kier molecular flexibility index (Phi) is 3.39. The van der Waals surface area contributed by atoms with E-state index in [-0.39, 0.29) is 17.7 Å². The third kappa shape index (κ3) is 2.39. The molecule has 6 heteroatoms. The summed E-state index contributed by atoms with van der Waals surface area (Å²) in [6.45, 7) is 4.13. The van der Waals surface area contributed by atoms with Gasteiger partial charge in [0.05, 0.1) is 12.2 Å². The fourth-order valence-corrected chi connectivity index (χ4v) is 3.09. The molecule has 1 aliphatic carbocycles. The zero-order chi connectivity index (χ0) is 15.0. The highest BCUT2D eigenvalue weighted by molar-refractivity contribution is 6.00. The van der Waals surface area contributed by atoms with E-state index in [1.807, 2.05) is 13.8 Å². The molecule has 2 fully saturated rings. The van der Waals surface area contributed by atoms with E-state index in [2.05, 4.69) is 15.3 Å². The molecule has 2 aliphatic rings. The van der Waals surface area contributed by atoms with Gasteiger partial charge in [-0.05, 0) is 38.2 Å². The summed E-state index contributed by atoms with van der Waals surface area (Å²) in [6.07, 6.45) is 5.72. The minimum Gasteiger partial charge on any atom is -0.340 e. The number of piperazine rings is 1. The van der Waals surface area contributed by atoms with Crippen LogP contribution in [0, 0.1) is 5.92 Å². The zero-order valence-corrected chi connectivity index (χ0v) is 12.4. The summed E-state index contributed by atoms with van der Waals surface area (Å²) in [5.41, 5.74) is 0.000120. The molecule has 0 spiro atoms. The quantitative estimate of drug-likeness (QED) is 0.892. The molecule has 2 unspecified atom stereocenters. The van der Waals surface area contributed by atoms with Crippen LogP contribution in [0.4, 0.5) is 0 Å². The van der Waals surface area contributed by atoms with Gasteiger partial charge in [-0.2, -0.15) is 0 Å². The van der Waals surface area contributed by atoms with Crippen molar-refractivity contribution in [2.45, 2.75) is 51.2 Å². The number of nitrogens with zero attached hydrogens (tertiary/aromatic N) is 3. The van der Waals surface area contributed by atoms with Crippen molar-refractivity contribution in [2.24, 2.45) is 5.92 Å². The Balaban J connectivity index is 1.89. The molecular formula is C15H20N4O2. The molecule has 6 nitrogen and oxygen atoms in total. The van der Waals surface area contributed by atoms with E-state index in [1.165, 1.54) is 6.33 Å². The van der Waals surface area contributed by atoms with Crippen LogP contribution in [0.25, 0.3) is 0 Å². The second-order valence-corrected chi connectivity index (χ2v) is 6.02. The van der Waals surface area contributed by atoms with Crippen LogP contribution in [-0.4, -0.2) is 38.3 Å². The van der Waals surface area contributed by atoms with Gasteiger partial charge in [0.25, 0.3) is 0 Å². The average molecular weight is 288 g/mol. The van der Waals surface area contributed by atoms with E-state index in [9.17, 15) is 9.59 Å². The predicted molar refractivity (Wildman–Crippen MR) is 75.9 cm³/mol. The second-order valence-electron chi connectivity index (χ2n) is 6.02. The number of hydrogen-bond donors (Lipinski definition) is 1. The summed E-state index contributed by atoms with van der Waals surface area (Å²) in [5, 5.41) is 2.96. The molecule has 3 rings (SSSR count). The summed E-state index contributed by atoms with van der Waals surface area (Å²) in [7, 11) is 0. The maximum absolute atomic E-state index is 12.9. The topological polar surface area (TPSA) is 75.2 Å². The van der Waals surface area contributed by atoms with Gasteiger partial charge < -0.3 is 10.2 Å². The fraction of sp³-hybridized carbons (Fsp3) is 0.600. The Hall–Kier alpha value is -1.98. The highest BCUT2D eigenvalue weighted by Crippen LogP contribution is 2.42. The summed E-state index contributed by atoms with van der Waals surface area (Å²) in [4.78, 5) is 35.0. The lowest BCUT2D eigenvalue weighted by molar-refractivity contribution is -0.156. The molecule has 2 heterocycles. The standard InChI is InChI=1S/C15H20N4O2/c1-3-12-13(20)18-15(2,10-4-5-10)14(21)19(12)8-11-6-7-16-9-17-11/h6-7,9-10,12H,3-5,8H2,1-2H3,(H,18,20). The number of amides is 2. The molecule has 0 aromatic carbocycles. The molecule has 0 radical (unpaired) electrons. The number of carbonyl (C=O) groups excluding carboxylic acids is 2. The number of carbonyl (C=O) groups is 2. The van der Waals surface area contributed by atoms with Crippen LogP contribution in [0.3, 0.4) is 0 Å². The average Bonchev–Trinajstić information content (AvgIpc) is 3.31. The van der Waals surface area contributed by atoms with Crippen molar-refractivity contribution in [3.05, 3.63) is 24.3 Å². The maximum Gasteiger partial charge on any atom is 0.249 e. The first-order chi connectivity index (χ1) is 10.1. The maximum atomic E-state index is 12.9. The molecule has 2 amide bonds. The summed E-state index contributed by atoms with van der Waals surface area (Å²) in [5.74, 6) is 0.218. The van der Waals surface area contributed by atoms with Crippen molar-refractivity contribution in [1.29, 1.82) is 0 Å². The first kappa shape index (κ1) is 14.0. The van der Waals surface area contributed by atoms with E-state index in [4.69, 9.17) is 0 Å². The number of aromatic nitrogens is 2. The van der Waals surface area contributed by atoms with Crippen LogP contribution in [0.5, 0.6) is 0 Å². The van der Waals surface area contributed by atoms with Gasteiger partial charge in [0.2, 0.25) is 11.8 Å². The van der Waals surface area contributed by atoms with Gasteiger partial charge >= 0.3 is 0 Å². The molecule has 1 saturated carbocycles. The minimum absolute atomic E-state index is 0.00932. The van der Waals surface area contributed by atoms with E-state index >= 15 is 0 Å². The Morgan fingerprint density at radius 2 is 2.19 bits per heavy atom. The molecule has 112 valence electrons. The number of hydrogen-bond acceptors (Lipinski definition) is 4. The fourth-order valence-electron chi connectivity index (χ4n) is 3.09. The van der Waals surface area contributed by atoms with Crippen LogP contribution >= 0.6 is 0 Å². The van der Waals surface area contributed by atoms with E-state index in [0.717, 1.165) is 18.5 Å². The molecule has 2 atom stereocenters. The Morgan fingerprint density at radius 3 is 2.76 bits per heavy atom. The van der Waals surface area contributed by atoms with E-state index in [1.54, 1.807) is 17.2 Å². The monoisotopic (exact) mass is 288 g/mol.